The number of benzene rings is 3. The second kappa shape index (κ2) is 9.52. The number of nitriles is 1. The lowest BCUT2D eigenvalue weighted by Gasteiger charge is -2.47. The van der Waals surface area contributed by atoms with Crippen molar-refractivity contribution >= 4 is 11.9 Å². The predicted octanol–water partition coefficient (Wildman–Crippen LogP) is 6.63. The first-order valence-corrected chi connectivity index (χ1v) is 13.2. The van der Waals surface area contributed by atoms with Crippen molar-refractivity contribution in [3.63, 3.8) is 0 Å². The Hall–Kier alpha value is -3.91. The number of rotatable bonds is 4. The van der Waals surface area contributed by atoms with Gasteiger partial charge in [-0.3, -0.25) is 4.79 Å². The normalized spacial score (nSPS) is 22.1. The zero-order chi connectivity index (χ0) is 25.5. The Morgan fingerprint density at radius 1 is 0.919 bits per heavy atom. The van der Waals surface area contributed by atoms with Crippen molar-refractivity contribution in [2.45, 2.75) is 57.0 Å². The number of hydrogen-bond donors (Lipinski definition) is 0. The summed E-state index contributed by atoms with van der Waals surface area (Å²) in [4.78, 5) is 28.9. The molecule has 0 N–H and O–H groups in total. The topological polar surface area (TPSA) is 70.4 Å². The fourth-order valence-electron chi connectivity index (χ4n) is 6.85. The molecule has 1 amide bonds. The highest BCUT2D eigenvalue weighted by Gasteiger charge is 2.44. The molecule has 2 bridgehead atoms. The molecule has 6 rings (SSSR count). The summed E-state index contributed by atoms with van der Waals surface area (Å²) >= 11 is 0. The molecule has 2 saturated heterocycles. The molecule has 0 spiro atoms. The van der Waals surface area contributed by atoms with Crippen LogP contribution in [0, 0.1) is 24.2 Å². The predicted molar refractivity (Wildman–Crippen MR) is 141 cm³/mol. The van der Waals surface area contributed by atoms with Crippen molar-refractivity contribution in [2.24, 2.45) is 5.92 Å². The van der Waals surface area contributed by atoms with Crippen molar-refractivity contribution in [1.29, 1.82) is 5.26 Å². The number of fused-ring (bicyclic) bond motifs is 5. The molecule has 186 valence electrons. The van der Waals surface area contributed by atoms with Gasteiger partial charge >= 0.3 is 6.09 Å². The maximum Gasteiger partial charge on any atom is 0.410 e. The average molecular weight is 491 g/mol. The van der Waals surface area contributed by atoms with Crippen LogP contribution in [0.25, 0.3) is 11.1 Å². The highest BCUT2D eigenvalue weighted by molar-refractivity contribution is 6.01. The van der Waals surface area contributed by atoms with E-state index in [2.05, 4.69) is 30.3 Å². The van der Waals surface area contributed by atoms with Crippen LogP contribution in [0.1, 0.15) is 70.6 Å². The third-order valence-corrected chi connectivity index (χ3v) is 8.53. The maximum atomic E-state index is 13.6. The number of piperidine rings is 2. The second-order valence-electron chi connectivity index (χ2n) is 10.6. The van der Waals surface area contributed by atoms with E-state index in [-0.39, 0.29) is 35.8 Å². The molecular formula is C32H30N2O3. The number of ketones is 1. The van der Waals surface area contributed by atoms with Gasteiger partial charge in [-0.05, 0) is 72.9 Å². The highest BCUT2D eigenvalue weighted by Crippen LogP contribution is 2.45. The van der Waals surface area contributed by atoms with Crippen molar-refractivity contribution < 1.29 is 14.3 Å². The lowest BCUT2D eigenvalue weighted by Crippen LogP contribution is -2.56. The first-order valence-electron chi connectivity index (χ1n) is 13.2. The number of Topliss-reactive ketones (excluding diaryl/α,β-unsaturated/α-hetero) is 1. The number of carbonyl (C=O) groups is 2. The number of nitrogens with zero attached hydrogens (tertiary/aromatic N) is 2. The SMILES string of the molecule is Cc1cccc(C#N)c1C(=O)C1CC2CCCC(C1)N2C(=O)OCC1c2ccccc2-c2ccccc21. The largest absolute Gasteiger partial charge is 0.448 e. The molecule has 0 radical (unpaired) electrons. The van der Waals surface area contributed by atoms with E-state index in [0.29, 0.717) is 30.6 Å². The second-order valence-corrected chi connectivity index (χ2v) is 10.6. The van der Waals surface area contributed by atoms with Gasteiger partial charge in [0.05, 0.1) is 11.6 Å². The van der Waals surface area contributed by atoms with Gasteiger partial charge in [-0.15, -0.1) is 0 Å². The fourth-order valence-corrected chi connectivity index (χ4v) is 6.85. The van der Waals surface area contributed by atoms with Gasteiger partial charge in [0, 0.05) is 29.5 Å². The summed E-state index contributed by atoms with van der Waals surface area (Å²) in [5.41, 5.74) is 6.65. The quantitative estimate of drug-likeness (QED) is 0.385. The van der Waals surface area contributed by atoms with Gasteiger partial charge in [0.15, 0.2) is 5.78 Å². The Kier molecular flexibility index (Phi) is 6.04. The molecule has 2 heterocycles. The monoisotopic (exact) mass is 490 g/mol. The molecular weight excluding hydrogens is 460 g/mol. The van der Waals surface area contributed by atoms with Crippen LogP contribution in [0.3, 0.4) is 0 Å². The van der Waals surface area contributed by atoms with E-state index in [9.17, 15) is 14.9 Å². The van der Waals surface area contributed by atoms with E-state index in [1.54, 1.807) is 6.07 Å². The lowest BCUT2D eigenvalue weighted by atomic mass is 9.75. The van der Waals surface area contributed by atoms with Crippen LogP contribution in [-0.2, 0) is 4.74 Å². The molecule has 0 saturated carbocycles. The van der Waals surface area contributed by atoms with Crippen LogP contribution in [0.2, 0.25) is 0 Å². The van der Waals surface area contributed by atoms with Gasteiger partial charge in [-0.2, -0.15) is 5.26 Å². The molecule has 3 aliphatic rings. The average Bonchev–Trinajstić information content (AvgIpc) is 3.24. The van der Waals surface area contributed by atoms with Crippen molar-refractivity contribution in [1.82, 2.24) is 4.90 Å². The minimum Gasteiger partial charge on any atom is -0.448 e. The minimum absolute atomic E-state index is 0.00773. The lowest BCUT2D eigenvalue weighted by molar-refractivity contribution is 0.00648. The van der Waals surface area contributed by atoms with Crippen LogP contribution in [0.15, 0.2) is 66.7 Å². The molecule has 2 atom stereocenters. The number of carbonyl (C=O) groups excluding carboxylic acids is 2. The van der Waals surface area contributed by atoms with Gasteiger partial charge in [0.1, 0.15) is 6.61 Å². The van der Waals surface area contributed by atoms with Crippen molar-refractivity contribution in [3.8, 4) is 17.2 Å². The molecule has 37 heavy (non-hydrogen) atoms. The number of aryl methyl sites for hydroxylation is 1. The molecule has 0 aromatic heterocycles. The van der Waals surface area contributed by atoms with E-state index in [0.717, 1.165) is 24.8 Å². The fraction of sp³-hybridized carbons (Fsp3) is 0.344. The molecule has 2 unspecified atom stereocenters. The summed E-state index contributed by atoms with van der Waals surface area (Å²) in [6.07, 6.45) is 3.79. The van der Waals surface area contributed by atoms with Gasteiger partial charge < -0.3 is 9.64 Å². The van der Waals surface area contributed by atoms with Gasteiger partial charge in [-0.25, -0.2) is 4.79 Å². The summed E-state index contributed by atoms with van der Waals surface area (Å²) in [6, 6.07) is 24.3. The Morgan fingerprint density at radius 3 is 2.16 bits per heavy atom. The Bertz CT molecular complexity index is 1360. The molecule has 3 aromatic carbocycles. The minimum atomic E-state index is -0.268. The van der Waals surface area contributed by atoms with E-state index in [1.165, 1.54) is 22.3 Å². The highest BCUT2D eigenvalue weighted by atomic mass is 16.6. The third kappa shape index (κ3) is 4.01. The van der Waals surface area contributed by atoms with Crippen LogP contribution in [0.5, 0.6) is 0 Å². The van der Waals surface area contributed by atoms with Gasteiger partial charge in [0.25, 0.3) is 0 Å². The smallest absolute Gasteiger partial charge is 0.410 e. The van der Waals surface area contributed by atoms with E-state index in [4.69, 9.17) is 4.74 Å². The van der Waals surface area contributed by atoms with Crippen LogP contribution < -0.4 is 0 Å². The first kappa shape index (κ1) is 23.5. The van der Waals surface area contributed by atoms with E-state index < -0.39 is 0 Å². The van der Waals surface area contributed by atoms with Gasteiger partial charge in [0.2, 0.25) is 0 Å². The van der Waals surface area contributed by atoms with Gasteiger partial charge in [-0.1, -0.05) is 60.7 Å². The molecule has 5 nitrogen and oxygen atoms in total. The molecule has 5 heteroatoms. The summed E-state index contributed by atoms with van der Waals surface area (Å²) in [5.74, 6) is -0.111. The zero-order valence-corrected chi connectivity index (χ0v) is 21.0. The number of ether oxygens (including phenoxy) is 1. The summed E-state index contributed by atoms with van der Waals surface area (Å²) in [5, 5.41) is 9.57. The van der Waals surface area contributed by atoms with Crippen molar-refractivity contribution in [2.75, 3.05) is 6.61 Å². The van der Waals surface area contributed by atoms with Crippen molar-refractivity contribution in [3.05, 3.63) is 94.5 Å². The Morgan fingerprint density at radius 2 is 1.54 bits per heavy atom. The van der Waals surface area contributed by atoms with Crippen LogP contribution >= 0.6 is 0 Å². The Balaban J connectivity index is 1.18. The summed E-state index contributed by atoms with van der Waals surface area (Å²) in [7, 11) is 0. The number of amides is 1. The first-order chi connectivity index (χ1) is 18.1. The van der Waals surface area contributed by atoms with Crippen LogP contribution in [0.4, 0.5) is 4.79 Å². The molecule has 2 fully saturated rings. The molecule has 1 aliphatic carbocycles. The Labute approximate surface area is 217 Å². The zero-order valence-electron chi connectivity index (χ0n) is 21.0. The van der Waals surface area contributed by atoms with E-state index >= 15 is 0 Å². The molecule has 3 aromatic rings. The summed E-state index contributed by atoms with van der Waals surface area (Å²) in [6.45, 7) is 2.20. The number of hydrogen-bond acceptors (Lipinski definition) is 4. The maximum absolute atomic E-state index is 13.6. The summed E-state index contributed by atoms with van der Waals surface area (Å²) < 4.78 is 6.01. The van der Waals surface area contributed by atoms with Crippen LogP contribution in [-0.4, -0.2) is 35.5 Å². The standard InChI is InChI=1S/C32H30N2O3/c1-20-8-6-9-21(18-33)30(20)31(35)22-16-23-10-7-11-24(17-22)34(23)32(36)37-19-29-27-14-4-2-12-25(27)26-13-3-5-15-28(26)29/h2-6,8-9,12-15,22-24,29H,7,10-11,16-17,19H2,1H3. The third-order valence-electron chi connectivity index (χ3n) is 8.53. The van der Waals surface area contributed by atoms with E-state index in [1.807, 2.05) is 48.2 Å². The molecule has 2 aliphatic heterocycles.